The van der Waals surface area contributed by atoms with Crippen LogP contribution in [-0.4, -0.2) is 62.9 Å². The first-order valence-corrected chi connectivity index (χ1v) is 6.20. The Kier molecular flexibility index (Phi) is 6.57. The van der Waals surface area contributed by atoms with Gasteiger partial charge in [0, 0.05) is 19.2 Å². The molecule has 112 valence electrons. The predicted octanol–water partition coefficient (Wildman–Crippen LogP) is 0.956. The van der Waals surface area contributed by atoms with Crippen LogP contribution in [0.1, 0.15) is 10.4 Å². The zero-order valence-corrected chi connectivity index (χ0v) is 11.9. The molecule has 0 radical (unpaired) electrons. The Morgan fingerprint density at radius 1 is 1.45 bits per heavy atom. The second-order valence-electron chi connectivity index (χ2n) is 4.58. The van der Waals surface area contributed by atoms with E-state index in [-0.39, 0.29) is 30.2 Å². The molecule has 0 aliphatic heterocycles. The van der Waals surface area contributed by atoms with Crippen molar-refractivity contribution in [3.63, 3.8) is 0 Å². The minimum absolute atomic E-state index is 0.0898. The van der Waals surface area contributed by atoms with Crippen LogP contribution in [0.2, 0.25) is 0 Å². The van der Waals surface area contributed by atoms with Gasteiger partial charge in [0.25, 0.3) is 0 Å². The van der Waals surface area contributed by atoms with Crippen molar-refractivity contribution in [2.45, 2.75) is 6.10 Å². The van der Waals surface area contributed by atoms with Crippen molar-refractivity contribution in [3.05, 3.63) is 29.6 Å². The van der Waals surface area contributed by atoms with E-state index >= 15 is 0 Å². The number of hydrogen-bond acceptors (Lipinski definition) is 5. The molecule has 1 rings (SSSR count). The highest BCUT2D eigenvalue weighted by atomic mass is 19.1. The van der Waals surface area contributed by atoms with E-state index in [2.05, 4.69) is 0 Å². The zero-order valence-electron chi connectivity index (χ0n) is 11.9. The van der Waals surface area contributed by atoms with Gasteiger partial charge in [0.1, 0.15) is 0 Å². The Morgan fingerprint density at radius 2 is 2.15 bits per heavy atom. The quantitative estimate of drug-likeness (QED) is 0.721. The third kappa shape index (κ3) is 4.88. The van der Waals surface area contributed by atoms with Gasteiger partial charge in [-0.3, -0.25) is 9.69 Å². The van der Waals surface area contributed by atoms with Crippen molar-refractivity contribution in [1.29, 1.82) is 0 Å². The maximum atomic E-state index is 13.5. The molecule has 0 saturated heterocycles. The van der Waals surface area contributed by atoms with Crippen LogP contribution in [-0.2, 0) is 4.74 Å². The molecule has 0 amide bonds. The van der Waals surface area contributed by atoms with Crippen molar-refractivity contribution in [2.75, 3.05) is 41.0 Å². The van der Waals surface area contributed by atoms with Gasteiger partial charge < -0.3 is 14.6 Å². The van der Waals surface area contributed by atoms with Crippen LogP contribution in [0.25, 0.3) is 0 Å². The highest BCUT2D eigenvalue weighted by Gasteiger charge is 2.14. The van der Waals surface area contributed by atoms with E-state index < -0.39 is 11.9 Å². The first kappa shape index (κ1) is 16.6. The number of methoxy groups -OCH3 is 2. The predicted molar refractivity (Wildman–Crippen MR) is 72.7 cm³/mol. The summed E-state index contributed by atoms with van der Waals surface area (Å²) < 4.78 is 23.1. The lowest BCUT2D eigenvalue weighted by atomic mass is 10.1. The van der Waals surface area contributed by atoms with Crippen LogP contribution in [0.3, 0.4) is 0 Å². The number of Topliss-reactive ketones (excluding diaryl/α,β-unsaturated/α-hetero) is 1. The van der Waals surface area contributed by atoms with E-state index in [9.17, 15) is 14.3 Å². The van der Waals surface area contributed by atoms with Gasteiger partial charge in [-0.15, -0.1) is 0 Å². The molecule has 1 N–H and O–H groups in total. The van der Waals surface area contributed by atoms with Crippen molar-refractivity contribution in [1.82, 2.24) is 4.90 Å². The molecule has 5 nitrogen and oxygen atoms in total. The molecular weight excluding hydrogens is 265 g/mol. The number of aliphatic hydroxyl groups is 1. The Morgan fingerprint density at radius 3 is 2.70 bits per heavy atom. The molecule has 1 atom stereocenters. The van der Waals surface area contributed by atoms with Gasteiger partial charge in [-0.05, 0) is 25.2 Å². The van der Waals surface area contributed by atoms with Crippen LogP contribution >= 0.6 is 0 Å². The van der Waals surface area contributed by atoms with E-state index in [0.717, 1.165) is 6.07 Å². The second-order valence-corrected chi connectivity index (χ2v) is 4.58. The van der Waals surface area contributed by atoms with E-state index in [1.807, 2.05) is 0 Å². The molecule has 0 bridgehead atoms. The lowest BCUT2D eigenvalue weighted by Gasteiger charge is -2.19. The number of benzene rings is 1. The van der Waals surface area contributed by atoms with Crippen molar-refractivity contribution in [2.24, 2.45) is 0 Å². The molecule has 0 aromatic heterocycles. The molecule has 0 saturated carbocycles. The number of ether oxygens (including phenoxy) is 2. The Labute approximate surface area is 117 Å². The number of rotatable bonds is 8. The minimum Gasteiger partial charge on any atom is -0.494 e. The van der Waals surface area contributed by atoms with Crippen molar-refractivity contribution in [3.8, 4) is 5.75 Å². The lowest BCUT2D eigenvalue weighted by Crippen LogP contribution is -2.35. The summed E-state index contributed by atoms with van der Waals surface area (Å²) in [6.45, 7) is 0.598. The fraction of sp³-hybridized carbons (Fsp3) is 0.500. The summed E-state index contributed by atoms with van der Waals surface area (Å²) >= 11 is 0. The molecule has 0 aliphatic rings. The third-order valence-corrected chi connectivity index (χ3v) is 2.77. The fourth-order valence-electron chi connectivity index (χ4n) is 1.85. The fourth-order valence-corrected chi connectivity index (χ4v) is 1.85. The third-order valence-electron chi connectivity index (χ3n) is 2.77. The highest BCUT2D eigenvalue weighted by molar-refractivity contribution is 5.97. The smallest absolute Gasteiger partial charge is 0.176 e. The van der Waals surface area contributed by atoms with Crippen molar-refractivity contribution < 1.29 is 23.8 Å². The van der Waals surface area contributed by atoms with E-state index in [1.54, 1.807) is 11.9 Å². The van der Waals surface area contributed by atoms with Crippen LogP contribution in [0.5, 0.6) is 5.75 Å². The van der Waals surface area contributed by atoms with Crippen LogP contribution in [0.4, 0.5) is 4.39 Å². The number of carbonyl (C=O) groups excluding carboxylic acids is 1. The van der Waals surface area contributed by atoms with Crippen LogP contribution in [0, 0.1) is 5.82 Å². The molecular formula is C14H20FNO4. The maximum absolute atomic E-state index is 13.5. The molecule has 0 aliphatic carbocycles. The average molecular weight is 285 g/mol. The average Bonchev–Trinajstić information content (AvgIpc) is 2.38. The molecule has 1 unspecified atom stereocenters. The summed E-state index contributed by atoms with van der Waals surface area (Å²) in [5, 5.41) is 9.56. The second kappa shape index (κ2) is 7.94. The molecule has 6 heteroatoms. The minimum atomic E-state index is -0.662. The van der Waals surface area contributed by atoms with Crippen LogP contribution < -0.4 is 4.74 Å². The first-order chi connectivity index (χ1) is 9.47. The number of hydrogen-bond donors (Lipinski definition) is 1. The molecule has 0 heterocycles. The van der Waals surface area contributed by atoms with Gasteiger partial charge >= 0.3 is 0 Å². The monoisotopic (exact) mass is 285 g/mol. The summed E-state index contributed by atoms with van der Waals surface area (Å²) in [4.78, 5) is 13.6. The number of likely N-dealkylation sites (N-methyl/N-ethyl adjacent to an activating group) is 1. The zero-order chi connectivity index (χ0) is 15.1. The highest BCUT2D eigenvalue weighted by Crippen LogP contribution is 2.18. The van der Waals surface area contributed by atoms with E-state index in [0.29, 0.717) is 6.54 Å². The number of carbonyl (C=O) groups is 1. The molecule has 1 aromatic carbocycles. The lowest BCUT2D eigenvalue weighted by molar-refractivity contribution is 0.0427. The van der Waals surface area contributed by atoms with Gasteiger partial charge in [0.15, 0.2) is 17.3 Å². The van der Waals surface area contributed by atoms with Gasteiger partial charge in [-0.2, -0.15) is 0 Å². The van der Waals surface area contributed by atoms with Crippen LogP contribution in [0.15, 0.2) is 18.2 Å². The van der Waals surface area contributed by atoms with Crippen molar-refractivity contribution >= 4 is 5.78 Å². The number of ketones is 1. The molecule has 20 heavy (non-hydrogen) atoms. The molecule has 1 aromatic rings. The Balaban J connectivity index is 2.60. The van der Waals surface area contributed by atoms with E-state index in [1.165, 1.54) is 26.4 Å². The standard InChI is InChI=1S/C14H20FNO4/c1-16(7-11(17)9-19-2)8-13(18)10-4-5-14(20-3)12(15)6-10/h4-6,11,17H,7-9H2,1-3H3. The summed E-state index contributed by atoms with van der Waals surface area (Å²) in [6.07, 6.45) is -0.662. The summed E-state index contributed by atoms with van der Waals surface area (Å²) in [5.41, 5.74) is 0.274. The first-order valence-electron chi connectivity index (χ1n) is 6.20. The number of halogens is 1. The number of aliphatic hydroxyl groups excluding tert-OH is 1. The van der Waals surface area contributed by atoms with Gasteiger partial charge in [-0.1, -0.05) is 0 Å². The summed E-state index contributed by atoms with van der Waals surface area (Å²) in [5.74, 6) is -0.690. The largest absolute Gasteiger partial charge is 0.494 e. The normalized spacial score (nSPS) is 12.5. The van der Waals surface area contributed by atoms with Gasteiger partial charge in [0.2, 0.25) is 0 Å². The van der Waals surface area contributed by atoms with Gasteiger partial charge in [-0.25, -0.2) is 4.39 Å². The van der Waals surface area contributed by atoms with E-state index in [4.69, 9.17) is 9.47 Å². The summed E-state index contributed by atoms with van der Waals surface area (Å²) in [6, 6.07) is 4.09. The van der Waals surface area contributed by atoms with Gasteiger partial charge in [0.05, 0.1) is 26.4 Å². The molecule has 0 fully saturated rings. The maximum Gasteiger partial charge on any atom is 0.176 e. The molecule has 0 spiro atoms. The SMILES string of the molecule is COCC(O)CN(C)CC(=O)c1ccc(OC)c(F)c1. The number of nitrogens with zero attached hydrogens (tertiary/aromatic N) is 1. The summed E-state index contributed by atoms with van der Waals surface area (Å²) in [7, 11) is 4.57. The Hall–Kier alpha value is -1.50. The Bertz CT molecular complexity index is 453. The topological polar surface area (TPSA) is 59.0 Å².